The zero-order valence-electron chi connectivity index (χ0n) is 13.0. The molecule has 2 aromatic rings. The maximum absolute atomic E-state index is 12.3. The van der Waals surface area contributed by atoms with Crippen LogP contribution in [0.4, 0.5) is 16.2 Å². The summed E-state index contributed by atoms with van der Waals surface area (Å²) in [6.45, 7) is 2.52. The highest BCUT2D eigenvalue weighted by atomic mass is 35.5. The summed E-state index contributed by atoms with van der Waals surface area (Å²) in [5.74, 6) is 0. The molecule has 0 fully saturated rings. The number of amides is 2. The Labute approximate surface area is 146 Å². The fraction of sp³-hybridized carbons (Fsp3) is 0.188. The molecule has 3 N–H and O–H groups in total. The molecule has 0 saturated heterocycles. The van der Waals surface area contributed by atoms with Gasteiger partial charge in [-0.1, -0.05) is 18.5 Å². The van der Waals surface area contributed by atoms with E-state index in [-0.39, 0.29) is 10.9 Å². The second kappa shape index (κ2) is 8.03. The van der Waals surface area contributed by atoms with Crippen LogP contribution in [0.3, 0.4) is 0 Å². The van der Waals surface area contributed by atoms with E-state index in [2.05, 4.69) is 15.4 Å². The highest BCUT2D eigenvalue weighted by Crippen LogP contribution is 2.19. The Morgan fingerprint density at radius 1 is 1.00 bits per heavy atom. The third-order valence-electron chi connectivity index (χ3n) is 3.05. The van der Waals surface area contributed by atoms with Crippen molar-refractivity contribution in [2.75, 3.05) is 16.6 Å². The molecule has 0 aliphatic heterocycles. The van der Waals surface area contributed by atoms with Crippen LogP contribution >= 0.6 is 11.6 Å². The van der Waals surface area contributed by atoms with Crippen LogP contribution in [0, 0.1) is 0 Å². The Bertz CT molecular complexity index is 790. The Kier molecular flexibility index (Phi) is 6.05. The lowest BCUT2D eigenvalue weighted by atomic mass is 10.3. The molecular weight excluding hydrogens is 350 g/mol. The molecule has 0 atom stereocenters. The highest BCUT2D eigenvalue weighted by Gasteiger charge is 2.14. The second-order valence-corrected chi connectivity index (χ2v) is 7.14. The maximum Gasteiger partial charge on any atom is 0.319 e. The van der Waals surface area contributed by atoms with E-state index in [1.165, 1.54) is 24.3 Å². The number of hydrogen-bond donors (Lipinski definition) is 3. The minimum Gasteiger partial charge on any atom is -0.338 e. The quantitative estimate of drug-likeness (QED) is 0.727. The molecule has 0 aliphatic rings. The van der Waals surface area contributed by atoms with Crippen LogP contribution < -0.4 is 15.4 Å². The topological polar surface area (TPSA) is 87.3 Å². The summed E-state index contributed by atoms with van der Waals surface area (Å²) in [6.07, 6.45) is 0.834. The summed E-state index contributed by atoms with van der Waals surface area (Å²) in [5.41, 5.74) is 0.926. The molecule has 0 bridgehead atoms. The third-order valence-corrected chi connectivity index (χ3v) is 4.70. The largest absolute Gasteiger partial charge is 0.338 e. The smallest absolute Gasteiger partial charge is 0.319 e. The maximum atomic E-state index is 12.3. The van der Waals surface area contributed by atoms with Gasteiger partial charge in [0, 0.05) is 22.9 Å². The molecule has 0 unspecified atom stereocenters. The number of carbonyl (C=O) groups excluding carboxylic acids is 1. The molecule has 0 aromatic heterocycles. The Morgan fingerprint density at radius 2 is 1.58 bits per heavy atom. The molecule has 24 heavy (non-hydrogen) atoms. The van der Waals surface area contributed by atoms with E-state index in [9.17, 15) is 13.2 Å². The van der Waals surface area contributed by atoms with Crippen LogP contribution in [-0.2, 0) is 10.0 Å². The number of hydrogen-bond acceptors (Lipinski definition) is 3. The van der Waals surface area contributed by atoms with Crippen LogP contribution in [0.5, 0.6) is 0 Å². The molecular formula is C16H18ClN3O3S. The van der Waals surface area contributed by atoms with Crippen LogP contribution in [0.2, 0.25) is 5.02 Å². The van der Waals surface area contributed by atoms with Crippen LogP contribution in [0.25, 0.3) is 0 Å². The highest BCUT2D eigenvalue weighted by molar-refractivity contribution is 7.92. The number of anilines is 2. The van der Waals surface area contributed by atoms with Gasteiger partial charge < -0.3 is 10.6 Å². The second-order valence-electron chi connectivity index (χ2n) is 5.02. The fourth-order valence-electron chi connectivity index (χ4n) is 1.86. The number of nitrogens with one attached hydrogen (secondary N) is 3. The van der Waals surface area contributed by atoms with Crippen molar-refractivity contribution in [2.24, 2.45) is 0 Å². The number of halogens is 1. The summed E-state index contributed by atoms with van der Waals surface area (Å²) in [6, 6.07) is 11.9. The predicted octanol–water partition coefficient (Wildman–Crippen LogP) is 3.67. The first kappa shape index (κ1) is 18.1. The molecule has 0 heterocycles. The first-order chi connectivity index (χ1) is 11.4. The van der Waals surface area contributed by atoms with Crippen molar-refractivity contribution in [3.8, 4) is 0 Å². The van der Waals surface area contributed by atoms with Crippen molar-refractivity contribution in [3.63, 3.8) is 0 Å². The van der Waals surface area contributed by atoms with Gasteiger partial charge in [-0.25, -0.2) is 13.2 Å². The summed E-state index contributed by atoms with van der Waals surface area (Å²) in [7, 11) is -3.71. The molecule has 6 nitrogen and oxygen atoms in total. The molecule has 0 spiro atoms. The molecule has 2 amide bonds. The third kappa shape index (κ3) is 5.14. The number of sulfonamides is 1. The van der Waals surface area contributed by atoms with Crippen LogP contribution in [0.1, 0.15) is 13.3 Å². The molecule has 128 valence electrons. The van der Waals surface area contributed by atoms with Crippen molar-refractivity contribution in [2.45, 2.75) is 18.2 Å². The molecule has 2 aromatic carbocycles. The van der Waals surface area contributed by atoms with Gasteiger partial charge >= 0.3 is 6.03 Å². The Hall–Kier alpha value is -2.25. The molecule has 2 rings (SSSR count). The average molecular weight is 368 g/mol. The SMILES string of the molecule is CCCNC(=O)Nc1ccc(S(=O)(=O)Nc2ccc(Cl)cc2)cc1. The Balaban J connectivity index is 2.05. The monoisotopic (exact) mass is 367 g/mol. The zero-order chi connectivity index (χ0) is 17.6. The fourth-order valence-corrected chi connectivity index (χ4v) is 3.05. The molecule has 0 aliphatic carbocycles. The number of urea groups is 1. The van der Waals surface area contributed by atoms with Crippen LogP contribution in [-0.4, -0.2) is 21.0 Å². The van der Waals surface area contributed by atoms with Gasteiger partial charge in [-0.3, -0.25) is 4.72 Å². The van der Waals surface area contributed by atoms with Gasteiger partial charge in [0.2, 0.25) is 0 Å². The lowest BCUT2D eigenvalue weighted by molar-refractivity contribution is 0.252. The lowest BCUT2D eigenvalue weighted by Crippen LogP contribution is -2.29. The van der Waals surface area contributed by atoms with Gasteiger partial charge in [0.05, 0.1) is 4.90 Å². The van der Waals surface area contributed by atoms with E-state index < -0.39 is 10.0 Å². The van der Waals surface area contributed by atoms with Gasteiger partial charge in [0.15, 0.2) is 0 Å². The lowest BCUT2D eigenvalue weighted by Gasteiger charge is -2.10. The van der Waals surface area contributed by atoms with E-state index in [4.69, 9.17) is 11.6 Å². The molecule has 0 radical (unpaired) electrons. The normalized spacial score (nSPS) is 10.9. The molecule has 8 heteroatoms. The van der Waals surface area contributed by atoms with Crippen molar-refractivity contribution in [3.05, 3.63) is 53.6 Å². The summed E-state index contributed by atoms with van der Waals surface area (Å²) < 4.78 is 27.1. The van der Waals surface area contributed by atoms with E-state index in [1.807, 2.05) is 6.92 Å². The van der Waals surface area contributed by atoms with E-state index in [0.717, 1.165) is 6.42 Å². The number of rotatable bonds is 6. The van der Waals surface area contributed by atoms with Crippen molar-refractivity contribution in [1.29, 1.82) is 0 Å². The van der Waals surface area contributed by atoms with Gasteiger partial charge in [-0.2, -0.15) is 0 Å². The van der Waals surface area contributed by atoms with Crippen molar-refractivity contribution >= 4 is 39.0 Å². The van der Waals surface area contributed by atoms with E-state index in [1.54, 1.807) is 24.3 Å². The van der Waals surface area contributed by atoms with E-state index in [0.29, 0.717) is 22.9 Å². The van der Waals surface area contributed by atoms with Crippen molar-refractivity contribution in [1.82, 2.24) is 5.32 Å². The van der Waals surface area contributed by atoms with Gasteiger partial charge in [0.1, 0.15) is 0 Å². The van der Waals surface area contributed by atoms with Gasteiger partial charge in [0.25, 0.3) is 10.0 Å². The van der Waals surface area contributed by atoms with Crippen LogP contribution in [0.15, 0.2) is 53.4 Å². The zero-order valence-corrected chi connectivity index (χ0v) is 14.6. The summed E-state index contributed by atoms with van der Waals surface area (Å²) in [5, 5.41) is 5.83. The first-order valence-corrected chi connectivity index (χ1v) is 9.20. The standard InChI is InChI=1S/C16H18ClN3O3S/c1-2-11-18-16(21)19-13-7-9-15(10-8-13)24(22,23)20-14-5-3-12(17)4-6-14/h3-10,20H,2,11H2,1H3,(H2,18,19,21). The van der Waals surface area contributed by atoms with Crippen molar-refractivity contribution < 1.29 is 13.2 Å². The summed E-state index contributed by atoms with van der Waals surface area (Å²) >= 11 is 5.77. The predicted molar refractivity (Wildman–Crippen MR) is 96.0 cm³/mol. The van der Waals surface area contributed by atoms with Gasteiger partial charge in [-0.05, 0) is 55.0 Å². The minimum atomic E-state index is -3.71. The Morgan fingerprint density at radius 3 is 2.17 bits per heavy atom. The first-order valence-electron chi connectivity index (χ1n) is 7.34. The number of benzene rings is 2. The number of carbonyl (C=O) groups is 1. The minimum absolute atomic E-state index is 0.0944. The average Bonchev–Trinajstić information content (AvgIpc) is 2.55. The van der Waals surface area contributed by atoms with E-state index >= 15 is 0 Å². The van der Waals surface area contributed by atoms with Gasteiger partial charge in [-0.15, -0.1) is 0 Å². The molecule has 0 saturated carbocycles. The summed E-state index contributed by atoms with van der Waals surface area (Å²) in [4.78, 5) is 11.7.